The van der Waals surface area contributed by atoms with Crippen molar-refractivity contribution >= 4 is 17.7 Å². The molecule has 4 heteroatoms. The van der Waals surface area contributed by atoms with Crippen molar-refractivity contribution in [2.24, 2.45) is 5.92 Å². The number of nitrogens with zero attached hydrogens (tertiary/aromatic N) is 1. The Morgan fingerprint density at radius 2 is 2.11 bits per heavy atom. The van der Waals surface area contributed by atoms with Crippen LogP contribution in [-0.2, 0) is 4.79 Å². The van der Waals surface area contributed by atoms with E-state index in [1.165, 1.54) is 31.4 Å². The molecule has 0 radical (unpaired) electrons. The molecular formula is C15H28N2OS. The highest BCUT2D eigenvalue weighted by Crippen LogP contribution is 2.33. The minimum Gasteiger partial charge on any atom is -0.323 e. The van der Waals surface area contributed by atoms with Gasteiger partial charge in [0.15, 0.2) is 0 Å². The molecule has 2 fully saturated rings. The van der Waals surface area contributed by atoms with E-state index in [9.17, 15) is 4.79 Å². The van der Waals surface area contributed by atoms with Gasteiger partial charge in [0.05, 0.1) is 12.2 Å². The Morgan fingerprint density at radius 1 is 1.42 bits per heavy atom. The van der Waals surface area contributed by atoms with Crippen LogP contribution in [0.5, 0.6) is 0 Å². The molecule has 0 aromatic heterocycles. The summed E-state index contributed by atoms with van der Waals surface area (Å²) in [6, 6.07) is 0.376. The first-order valence-electron chi connectivity index (χ1n) is 7.81. The number of nitrogens with one attached hydrogen (secondary N) is 1. The van der Waals surface area contributed by atoms with E-state index >= 15 is 0 Å². The van der Waals surface area contributed by atoms with Gasteiger partial charge in [-0.3, -0.25) is 10.1 Å². The minimum absolute atomic E-state index is 0.00637. The average molecular weight is 284 g/mol. The smallest absolute Gasteiger partial charge is 0.240 e. The zero-order valence-electron chi connectivity index (χ0n) is 12.5. The summed E-state index contributed by atoms with van der Waals surface area (Å²) in [4.78, 5) is 14.6. The van der Waals surface area contributed by atoms with Gasteiger partial charge in [0.25, 0.3) is 0 Å². The Morgan fingerprint density at radius 3 is 2.74 bits per heavy atom. The monoisotopic (exact) mass is 284 g/mol. The second-order valence-corrected chi connectivity index (χ2v) is 7.35. The third kappa shape index (κ3) is 3.46. The fourth-order valence-electron chi connectivity index (χ4n) is 3.43. The van der Waals surface area contributed by atoms with Crippen LogP contribution in [-0.4, -0.2) is 40.6 Å². The van der Waals surface area contributed by atoms with Crippen LogP contribution in [0.4, 0.5) is 0 Å². The first kappa shape index (κ1) is 15.2. The Kier molecular flexibility index (Phi) is 5.58. The van der Waals surface area contributed by atoms with E-state index in [1.807, 2.05) is 18.7 Å². The summed E-state index contributed by atoms with van der Waals surface area (Å²) in [5.74, 6) is 3.32. The molecule has 1 saturated carbocycles. The zero-order valence-corrected chi connectivity index (χ0v) is 13.3. The highest BCUT2D eigenvalue weighted by Gasteiger charge is 2.43. The second-order valence-electron chi connectivity index (χ2n) is 5.96. The molecule has 3 nitrogen and oxygen atoms in total. The lowest BCUT2D eigenvalue weighted by Crippen LogP contribution is -2.47. The molecule has 1 heterocycles. The summed E-state index contributed by atoms with van der Waals surface area (Å²) in [5.41, 5.74) is 0. The normalized spacial score (nSPS) is 30.3. The highest BCUT2D eigenvalue weighted by molar-refractivity contribution is 7.99. The fourth-order valence-corrected chi connectivity index (χ4v) is 4.23. The Bertz CT molecular complexity index is 305. The predicted octanol–water partition coefficient (Wildman–Crippen LogP) is 2.85. The first-order valence-corrected chi connectivity index (χ1v) is 8.96. The van der Waals surface area contributed by atoms with E-state index in [0.717, 1.165) is 12.2 Å². The SMILES string of the molecule is CCSCCC(C)N1C(=O)C(C)NC1C1CCCC1. The summed E-state index contributed by atoms with van der Waals surface area (Å²) in [5, 5.41) is 3.54. The van der Waals surface area contributed by atoms with Gasteiger partial charge in [-0.15, -0.1) is 0 Å². The van der Waals surface area contributed by atoms with Crippen molar-refractivity contribution in [3.05, 3.63) is 0 Å². The lowest BCUT2D eigenvalue weighted by Gasteiger charge is -2.34. The number of hydrogen-bond donors (Lipinski definition) is 1. The minimum atomic E-state index is 0.00637. The van der Waals surface area contributed by atoms with Gasteiger partial charge >= 0.3 is 0 Å². The predicted molar refractivity (Wildman–Crippen MR) is 82.3 cm³/mol. The molecule has 3 unspecified atom stereocenters. The van der Waals surface area contributed by atoms with Gasteiger partial charge in [0.1, 0.15) is 0 Å². The van der Waals surface area contributed by atoms with Crippen molar-refractivity contribution in [2.75, 3.05) is 11.5 Å². The van der Waals surface area contributed by atoms with Crippen molar-refractivity contribution in [1.82, 2.24) is 10.2 Å². The summed E-state index contributed by atoms with van der Waals surface area (Å²) < 4.78 is 0. The van der Waals surface area contributed by atoms with Crippen LogP contribution in [0.2, 0.25) is 0 Å². The van der Waals surface area contributed by atoms with E-state index in [0.29, 0.717) is 24.0 Å². The molecule has 19 heavy (non-hydrogen) atoms. The molecule has 0 aromatic rings. The van der Waals surface area contributed by atoms with Gasteiger partial charge in [-0.25, -0.2) is 0 Å². The summed E-state index contributed by atoms with van der Waals surface area (Å²) in [6.45, 7) is 6.43. The van der Waals surface area contributed by atoms with Crippen molar-refractivity contribution in [3.8, 4) is 0 Å². The number of carbonyl (C=O) groups is 1. The molecule has 3 atom stereocenters. The molecule has 0 aromatic carbocycles. The van der Waals surface area contributed by atoms with Gasteiger partial charge in [0, 0.05) is 6.04 Å². The fraction of sp³-hybridized carbons (Fsp3) is 0.933. The van der Waals surface area contributed by atoms with Crippen LogP contribution in [0.15, 0.2) is 0 Å². The molecule has 1 amide bonds. The maximum Gasteiger partial charge on any atom is 0.240 e. The van der Waals surface area contributed by atoms with Crippen molar-refractivity contribution < 1.29 is 4.79 Å². The largest absolute Gasteiger partial charge is 0.323 e. The topological polar surface area (TPSA) is 32.3 Å². The van der Waals surface area contributed by atoms with Gasteiger partial charge in [-0.05, 0) is 50.5 Å². The van der Waals surface area contributed by atoms with Crippen LogP contribution >= 0.6 is 11.8 Å². The van der Waals surface area contributed by atoms with E-state index in [1.54, 1.807) is 0 Å². The van der Waals surface area contributed by atoms with E-state index in [4.69, 9.17) is 0 Å². The molecule has 1 N–H and O–H groups in total. The highest BCUT2D eigenvalue weighted by atomic mass is 32.2. The van der Waals surface area contributed by atoms with Gasteiger partial charge in [-0.2, -0.15) is 11.8 Å². The lowest BCUT2D eigenvalue weighted by atomic mass is 10.0. The van der Waals surface area contributed by atoms with Crippen LogP contribution in [0.1, 0.15) is 52.9 Å². The number of carbonyl (C=O) groups excluding carboxylic acids is 1. The summed E-state index contributed by atoms with van der Waals surface area (Å²) >= 11 is 1.97. The third-order valence-corrected chi connectivity index (χ3v) is 5.48. The number of rotatable bonds is 6. The lowest BCUT2D eigenvalue weighted by molar-refractivity contribution is -0.132. The van der Waals surface area contributed by atoms with E-state index < -0.39 is 0 Å². The van der Waals surface area contributed by atoms with Crippen LogP contribution in [0.3, 0.4) is 0 Å². The molecule has 2 rings (SSSR count). The molecule has 1 aliphatic heterocycles. The van der Waals surface area contributed by atoms with Crippen molar-refractivity contribution in [2.45, 2.75) is 71.1 Å². The third-order valence-electron chi connectivity index (χ3n) is 4.55. The maximum absolute atomic E-state index is 12.4. The maximum atomic E-state index is 12.4. The molecule has 0 spiro atoms. The molecule has 1 saturated heterocycles. The number of thioether (sulfide) groups is 1. The zero-order chi connectivity index (χ0) is 13.8. The molecule has 1 aliphatic carbocycles. The first-order chi connectivity index (χ1) is 9.15. The molecular weight excluding hydrogens is 256 g/mol. The Hall–Kier alpha value is -0.220. The van der Waals surface area contributed by atoms with E-state index in [-0.39, 0.29) is 6.04 Å². The number of hydrogen-bond acceptors (Lipinski definition) is 3. The summed E-state index contributed by atoms with van der Waals surface area (Å²) in [7, 11) is 0. The van der Waals surface area contributed by atoms with Crippen molar-refractivity contribution in [1.29, 1.82) is 0 Å². The van der Waals surface area contributed by atoms with Crippen molar-refractivity contribution in [3.63, 3.8) is 0 Å². The molecule has 0 bridgehead atoms. The Labute approximate surface area is 121 Å². The second kappa shape index (κ2) is 6.98. The van der Waals surface area contributed by atoms with Gasteiger partial charge < -0.3 is 4.90 Å². The quantitative estimate of drug-likeness (QED) is 0.761. The average Bonchev–Trinajstić information content (AvgIpc) is 2.99. The molecule has 2 aliphatic rings. The van der Waals surface area contributed by atoms with Gasteiger partial charge in [0.2, 0.25) is 5.91 Å². The Balaban J connectivity index is 1.98. The van der Waals surface area contributed by atoms with Crippen LogP contribution in [0.25, 0.3) is 0 Å². The molecule has 110 valence electrons. The summed E-state index contributed by atoms with van der Waals surface area (Å²) in [6.07, 6.45) is 6.64. The van der Waals surface area contributed by atoms with Crippen LogP contribution in [0, 0.1) is 5.92 Å². The van der Waals surface area contributed by atoms with E-state index in [2.05, 4.69) is 24.1 Å². The van der Waals surface area contributed by atoms with Crippen LogP contribution < -0.4 is 5.32 Å². The standard InChI is InChI=1S/C15H28N2OS/c1-4-19-10-9-11(2)17-14(13-7-5-6-8-13)16-12(3)15(17)18/h11-14,16H,4-10H2,1-3H3. The van der Waals surface area contributed by atoms with Gasteiger partial charge in [-0.1, -0.05) is 19.8 Å². The number of amides is 1.